The van der Waals surface area contributed by atoms with E-state index in [-0.39, 0.29) is 0 Å². The molecule has 0 radical (unpaired) electrons. The molecule has 5 nitrogen and oxygen atoms in total. The second kappa shape index (κ2) is 8.89. The van der Waals surface area contributed by atoms with E-state index >= 15 is 0 Å². The van der Waals surface area contributed by atoms with Crippen molar-refractivity contribution in [1.82, 2.24) is 9.88 Å². The molecule has 0 unspecified atom stereocenters. The maximum atomic E-state index is 12.3. The van der Waals surface area contributed by atoms with Crippen LogP contribution in [-0.4, -0.2) is 48.6 Å². The monoisotopic (exact) mass is 395 g/mol. The first-order chi connectivity index (χ1) is 12.6. The van der Waals surface area contributed by atoms with Crippen LogP contribution in [0.1, 0.15) is 36.5 Å². The summed E-state index contributed by atoms with van der Waals surface area (Å²) in [4.78, 5) is 19.1. The molecule has 0 saturated carbocycles. The number of halogens is 2. The quantitative estimate of drug-likeness (QED) is 0.547. The normalized spacial score (nSPS) is 14.7. The van der Waals surface area contributed by atoms with Crippen molar-refractivity contribution < 1.29 is 9.53 Å². The van der Waals surface area contributed by atoms with Crippen LogP contribution in [0.2, 0.25) is 10.0 Å². The molecule has 0 spiro atoms. The number of carbonyl (C=O) groups excluding carboxylic acids is 1. The minimum Gasteiger partial charge on any atom is -0.462 e. The Morgan fingerprint density at radius 1 is 1.31 bits per heavy atom. The van der Waals surface area contributed by atoms with Gasteiger partial charge >= 0.3 is 5.97 Å². The molecule has 0 amide bonds. The molecule has 7 heteroatoms. The van der Waals surface area contributed by atoms with E-state index in [1.165, 1.54) is 32.1 Å². The van der Waals surface area contributed by atoms with E-state index in [2.05, 4.69) is 15.2 Å². The summed E-state index contributed by atoms with van der Waals surface area (Å²) in [6.45, 7) is 6.23. The average Bonchev–Trinajstić information content (AvgIpc) is 3.12. The van der Waals surface area contributed by atoms with Crippen LogP contribution in [0, 0.1) is 0 Å². The molecule has 1 aliphatic heterocycles. The second-order valence-corrected chi connectivity index (χ2v) is 7.22. The zero-order valence-electron chi connectivity index (χ0n) is 14.9. The highest BCUT2D eigenvalue weighted by atomic mass is 35.5. The molecule has 1 aliphatic rings. The van der Waals surface area contributed by atoms with Crippen LogP contribution in [0.25, 0.3) is 10.9 Å². The van der Waals surface area contributed by atoms with E-state index in [1.54, 1.807) is 19.1 Å². The molecule has 26 heavy (non-hydrogen) atoms. The van der Waals surface area contributed by atoms with Crippen molar-refractivity contribution in [3.8, 4) is 0 Å². The van der Waals surface area contributed by atoms with Crippen molar-refractivity contribution in [2.75, 3.05) is 38.1 Å². The number of carbonyl (C=O) groups is 1. The Morgan fingerprint density at radius 3 is 2.81 bits per heavy atom. The summed E-state index contributed by atoms with van der Waals surface area (Å²) in [6.07, 6.45) is 5.07. The molecule has 0 atom stereocenters. The Labute approximate surface area is 163 Å². The van der Waals surface area contributed by atoms with Gasteiger partial charge in [0.1, 0.15) is 5.56 Å². The van der Waals surface area contributed by atoms with Crippen LogP contribution in [0.4, 0.5) is 5.69 Å². The van der Waals surface area contributed by atoms with Gasteiger partial charge in [-0.1, -0.05) is 23.2 Å². The third-order valence-corrected chi connectivity index (χ3v) is 5.04. The van der Waals surface area contributed by atoms with Crippen molar-refractivity contribution in [2.24, 2.45) is 0 Å². The van der Waals surface area contributed by atoms with Gasteiger partial charge in [0, 0.05) is 23.2 Å². The van der Waals surface area contributed by atoms with Crippen molar-refractivity contribution in [2.45, 2.75) is 26.2 Å². The molecule has 2 heterocycles. The van der Waals surface area contributed by atoms with E-state index in [9.17, 15) is 4.79 Å². The Balaban J connectivity index is 1.85. The summed E-state index contributed by atoms with van der Waals surface area (Å²) in [5.41, 5.74) is 1.70. The van der Waals surface area contributed by atoms with Gasteiger partial charge in [-0.05, 0) is 58.0 Å². The molecular weight excluding hydrogens is 373 g/mol. The van der Waals surface area contributed by atoms with E-state index < -0.39 is 5.97 Å². The van der Waals surface area contributed by atoms with Gasteiger partial charge in [-0.3, -0.25) is 4.98 Å². The van der Waals surface area contributed by atoms with Crippen LogP contribution >= 0.6 is 23.2 Å². The topological polar surface area (TPSA) is 54.5 Å². The van der Waals surface area contributed by atoms with Gasteiger partial charge < -0.3 is 15.0 Å². The van der Waals surface area contributed by atoms with Gasteiger partial charge in [-0.25, -0.2) is 4.79 Å². The maximum Gasteiger partial charge on any atom is 0.341 e. The largest absolute Gasteiger partial charge is 0.462 e. The van der Waals surface area contributed by atoms with Crippen LogP contribution in [0.15, 0.2) is 18.3 Å². The first-order valence-electron chi connectivity index (χ1n) is 9.01. The minimum absolute atomic E-state index is 0.307. The maximum absolute atomic E-state index is 12.3. The highest BCUT2D eigenvalue weighted by Gasteiger charge is 2.18. The fourth-order valence-corrected chi connectivity index (χ4v) is 3.85. The summed E-state index contributed by atoms with van der Waals surface area (Å²) in [7, 11) is 0. The molecule has 1 fully saturated rings. The lowest BCUT2D eigenvalue weighted by molar-refractivity contribution is 0.0527. The van der Waals surface area contributed by atoms with Crippen molar-refractivity contribution in [3.05, 3.63) is 33.9 Å². The molecule has 1 saturated heterocycles. The SMILES string of the molecule is CCOC(=O)c1cnc2c(Cl)cc(Cl)cc2c1NCCCN1CCCC1. The Hall–Kier alpha value is -1.56. The van der Waals surface area contributed by atoms with Crippen LogP contribution in [0.3, 0.4) is 0 Å². The van der Waals surface area contributed by atoms with Gasteiger partial charge in [0.15, 0.2) is 0 Å². The molecular formula is C19H23Cl2N3O2. The van der Waals surface area contributed by atoms with Crippen LogP contribution < -0.4 is 5.32 Å². The van der Waals surface area contributed by atoms with Crippen LogP contribution in [-0.2, 0) is 4.74 Å². The van der Waals surface area contributed by atoms with Crippen molar-refractivity contribution in [3.63, 3.8) is 0 Å². The number of fused-ring (bicyclic) bond motifs is 1. The predicted molar refractivity (Wildman–Crippen MR) is 107 cm³/mol. The molecule has 0 aliphatic carbocycles. The highest BCUT2D eigenvalue weighted by molar-refractivity contribution is 6.38. The minimum atomic E-state index is -0.403. The Morgan fingerprint density at radius 2 is 2.08 bits per heavy atom. The molecule has 140 valence electrons. The number of nitrogens with zero attached hydrogens (tertiary/aromatic N) is 2. The number of anilines is 1. The molecule has 2 aromatic rings. The summed E-state index contributed by atoms with van der Waals surface area (Å²) in [5.74, 6) is -0.403. The molecule has 3 rings (SSSR count). The first kappa shape index (κ1) is 19.2. The smallest absolute Gasteiger partial charge is 0.341 e. The first-order valence-corrected chi connectivity index (χ1v) is 9.77. The second-order valence-electron chi connectivity index (χ2n) is 6.38. The fourth-order valence-electron chi connectivity index (χ4n) is 3.30. The van der Waals surface area contributed by atoms with Crippen LogP contribution in [0.5, 0.6) is 0 Å². The van der Waals surface area contributed by atoms with Gasteiger partial charge in [-0.15, -0.1) is 0 Å². The number of hydrogen-bond donors (Lipinski definition) is 1. The lowest BCUT2D eigenvalue weighted by atomic mass is 10.1. The average molecular weight is 396 g/mol. The number of hydrogen-bond acceptors (Lipinski definition) is 5. The van der Waals surface area contributed by atoms with Gasteiger partial charge in [0.2, 0.25) is 0 Å². The fraction of sp³-hybridized carbons (Fsp3) is 0.474. The van der Waals surface area contributed by atoms with E-state index in [0.29, 0.717) is 33.4 Å². The standard InChI is InChI=1S/C19H23Cl2N3O2/c1-2-26-19(25)15-12-23-18-14(10-13(20)11-16(18)21)17(15)22-6-5-9-24-7-3-4-8-24/h10-12H,2-9H2,1H3,(H,22,23). The number of aromatic nitrogens is 1. The van der Waals surface area contributed by atoms with E-state index in [1.807, 2.05) is 0 Å². The summed E-state index contributed by atoms with van der Waals surface area (Å²) in [5, 5.41) is 5.09. The van der Waals surface area contributed by atoms with Crippen molar-refractivity contribution >= 4 is 45.8 Å². The van der Waals surface area contributed by atoms with E-state index in [4.69, 9.17) is 27.9 Å². The van der Waals surface area contributed by atoms with Crippen molar-refractivity contribution in [1.29, 1.82) is 0 Å². The molecule has 0 bridgehead atoms. The third kappa shape index (κ3) is 4.40. The zero-order valence-corrected chi connectivity index (χ0v) is 16.4. The zero-order chi connectivity index (χ0) is 18.5. The number of rotatable bonds is 7. The van der Waals surface area contributed by atoms with E-state index in [0.717, 1.165) is 24.9 Å². The third-order valence-electron chi connectivity index (χ3n) is 4.54. The number of esters is 1. The lowest BCUT2D eigenvalue weighted by Gasteiger charge is -2.17. The Bertz CT molecular complexity index is 792. The predicted octanol–water partition coefficient (Wildman–Crippen LogP) is 4.62. The number of pyridine rings is 1. The summed E-state index contributed by atoms with van der Waals surface area (Å²) >= 11 is 12.5. The number of ether oxygens (including phenoxy) is 1. The van der Waals surface area contributed by atoms with Gasteiger partial charge in [0.25, 0.3) is 0 Å². The van der Waals surface area contributed by atoms with Gasteiger partial charge in [-0.2, -0.15) is 0 Å². The summed E-state index contributed by atoms with van der Waals surface area (Å²) in [6, 6.07) is 3.43. The Kier molecular flexibility index (Phi) is 6.57. The number of likely N-dealkylation sites (tertiary alicyclic amines) is 1. The molecule has 1 aromatic carbocycles. The number of benzene rings is 1. The number of nitrogens with one attached hydrogen (secondary N) is 1. The summed E-state index contributed by atoms with van der Waals surface area (Å²) < 4.78 is 5.17. The highest BCUT2D eigenvalue weighted by Crippen LogP contribution is 2.33. The van der Waals surface area contributed by atoms with Gasteiger partial charge in [0.05, 0.1) is 22.8 Å². The molecule has 1 aromatic heterocycles. The molecule has 1 N–H and O–H groups in total. The lowest BCUT2D eigenvalue weighted by Crippen LogP contribution is -2.22.